The molecule has 0 spiro atoms. The van der Waals surface area contributed by atoms with Crippen LogP contribution >= 0.6 is 0 Å². The average Bonchev–Trinajstić information content (AvgIpc) is 2.85. The summed E-state index contributed by atoms with van der Waals surface area (Å²) in [5.74, 6) is -0.0769. The van der Waals surface area contributed by atoms with Gasteiger partial charge in [0.1, 0.15) is 0 Å². The summed E-state index contributed by atoms with van der Waals surface area (Å²) >= 11 is 0. The smallest absolute Gasteiger partial charge is 0.223 e. The molecule has 1 atom stereocenters. The standard InChI is InChI=1S/C17H25NO2/c1-16(10-6-7-11-16)13-18-15(19)12-17(2,20)14-8-4-3-5-9-14/h3-5,8-9,20H,6-7,10-13H2,1-2H3,(H,18,19). The Morgan fingerprint density at radius 3 is 2.50 bits per heavy atom. The Hall–Kier alpha value is -1.35. The van der Waals surface area contributed by atoms with E-state index < -0.39 is 5.60 Å². The second-order valence-corrected chi connectivity index (χ2v) is 6.61. The summed E-state index contributed by atoms with van der Waals surface area (Å²) in [6.45, 7) is 4.64. The van der Waals surface area contributed by atoms with E-state index in [0.29, 0.717) is 0 Å². The van der Waals surface area contributed by atoms with Gasteiger partial charge in [-0.25, -0.2) is 0 Å². The summed E-state index contributed by atoms with van der Waals surface area (Å²) in [4.78, 5) is 12.1. The number of carbonyl (C=O) groups excluding carboxylic acids is 1. The molecule has 3 nitrogen and oxygen atoms in total. The zero-order chi connectivity index (χ0) is 14.6. The largest absolute Gasteiger partial charge is 0.385 e. The van der Waals surface area contributed by atoms with Crippen LogP contribution < -0.4 is 5.32 Å². The third-order valence-electron chi connectivity index (χ3n) is 4.42. The SMILES string of the molecule is CC1(CNC(=O)CC(C)(O)c2ccccc2)CCCC1. The summed E-state index contributed by atoms with van der Waals surface area (Å²) in [6.07, 6.45) is 4.99. The Balaban J connectivity index is 1.87. The Bertz CT molecular complexity index is 447. The van der Waals surface area contributed by atoms with Crippen LogP contribution in [-0.2, 0) is 10.4 Å². The lowest BCUT2D eigenvalue weighted by Gasteiger charge is -2.26. The monoisotopic (exact) mass is 275 g/mol. The fourth-order valence-electron chi connectivity index (χ4n) is 2.99. The molecule has 0 saturated heterocycles. The highest BCUT2D eigenvalue weighted by Gasteiger charge is 2.31. The molecule has 3 heteroatoms. The molecule has 0 aliphatic heterocycles. The zero-order valence-corrected chi connectivity index (χ0v) is 12.5. The molecule has 1 aromatic carbocycles. The summed E-state index contributed by atoms with van der Waals surface area (Å²) in [5, 5.41) is 13.4. The first-order chi connectivity index (χ1) is 9.41. The third-order valence-corrected chi connectivity index (χ3v) is 4.42. The average molecular weight is 275 g/mol. The van der Waals surface area contributed by atoms with Crippen LogP contribution in [0.1, 0.15) is 51.5 Å². The third kappa shape index (κ3) is 3.83. The predicted octanol–water partition coefficient (Wildman–Crippen LogP) is 2.98. The van der Waals surface area contributed by atoms with Gasteiger partial charge in [0.2, 0.25) is 5.91 Å². The molecular formula is C17H25NO2. The number of rotatable bonds is 5. The van der Waals surface area contributed by atoms with E-state index in [4.69, 9.17) is 0 Å². The molecule has 0 radical (unpaired) electrons. The van der Waals surface area contributed by atoms with E-state index in [1.54, 1.807) is 6.92 Å². The number of benzene rings is 1. The van der Waals surface area contributed by atoms with Crippen LogP contribution in [0.2, 0.25) is 0 Å². The summed E-state index contributed by atoms with van der Waals surface area (Å²) in [5.41, 5.74) is -0.0851. The van der Waals surface area contributed by atoms with Gasteiger partial charge in [0.05, 0.1) is 12.0 Å². The molecule has 2 rings (SSSR count). The van der Waals surface area contributed by atoms with Gasteiger partial charge in [0, 0.05) is 6.54 Å². The van der Waals surface area contributed by atoms with E-state index in [1.807, 2.05) is 30.3 Å². The van der Waals surface area contributed by atoms with Crippen molar-refractivity contribution in [3.8, 4) is 0 Å². The van der Waals surface area contributed by atoms with Crippen LogP contribution in [0, 0.1) is 5.41 Å². The number of hydrogen-bond donors (Lipinski definition) is 2. The molecular weight excluding hydrogens is 250 g/mol. The molecule has 1 unspecified atom stereocenters. The molecule has 1 aromatic rings. The molecule has 1 fully saturated rings. The van der Waals surface area contributed by atoms with Gasteiger partial charge in [0.15, 0.2) is 0 Å². The van der Waals surface area contributed by atoms with Gasteiger partial charge < -0.3 is 10.4 Å². The van der Waals surface area contributed by atoms with Crippen LogP contribution in [0.4, 0.5) is 0 Å². The van der Waals surface area contributed by atoms with Gasteiger partial charge in [-0.1, -0.05) is 50.1 Å². The van der Waals surface area contributed by atoms with E-state index >= 15 is 0 Å². The maximum absolute atomic E-state index is 12.1. The van der Waals surface area contributed by atoms with Crippen molar-refractivity contribution in [1.29, 1.82) is 0 Å². The minimum Gasteiger partial charge on any atom is -0.385 e. The second-order valence-electron chi connectivity index (χ2n) is 6.61. The van der Waals surface area contributed by atoms with E-state index in [2.05, 4.69) is 12.2 Å². The van der Waals surface area contributed by atoms with E-state index in [9.17, 15) is 9.90 Å². The predicted molar refractivity (Wildman–Crippen MR) is 80.2 cm³/mol. The Morgan fingerprint density at radius 2 is 1.90 bits per heavy atom. The highest BCUT2D eigenvalue weighted by atomic mass is 16.3. The van der Waals surface area contributed by atoms with Crippen molar-refractivity contribution < 1.29 is 9.90 Å². The molecule has 110 valence electrons. The molecule has 0 aromatic heterocycles. The van der Waals surface area contributed by atoms with Crippen LogP contribution in [-0.4, -0.2) is 17.6 Å². The van der Waals surface area contributed by atoms with E-state index in [0.717, 1.165) is 12.1 Å². The number of nitrogens with one attached hydrogen (secondary N) is 1. The van der Waals surface area contributed by atoms with Crippen molar-refractivity contribution in [1.82, 2.24) is 5.32 Å². The van der Waals surface area contributed by atoms with Crippen LogP contribution in [0.5, 0.6) is 0 Å². The van der Waals surface area contributed by atoms with Crippen LogP contribution in [0.15, 0.2) is 30.3 Å². The fraction of sp³-hybridized carbons (Fsp3) is 0.588. The van der Waals surface area contributed by atoms with E-state index in [-0.39, 0.29) is 17.7 Å². The van der Waals surface area contributed by atoms with Crippen molar-refractivity contribution in [2.75, 3.05) is 6.54 Å². The quantitative estimate of drug-likeness (QED) is 0.868. The number of carbonyl (C=O) groups is 1. The number of amides is 1. The highest BCUT2D eigenvalue weighted by Crippen LogP contribution is 2.36. The number of hydrogen-bond acceptors (Lipinski definition) is 2. The van der Waals surface area contributed by atoms with Crippen molar-refractivity contribution in [2.45, 2.75) is 51.6 Å². The minimum absolute atomic E-state index is 0.0769. The molecule has 0 bridgehead atoms. The number of aliphatic hydroxyl groups is 1. The van der Waals surface area contributed by atoms with Crippen molar-refractivity contribution >= 4 is 5.91 Å². The lowest BCUT2D eigenvalue weighted by molar-refractivity contribution is -0.126. The Labute approximate surface area is 121 Å². The van der Waals surface area contributed by atoms with Gasteiger partial charge in [-0.2, -0.15) is 0 Å². The van der Waals surface area contributed by atoms with Gasteiger partial charge in [-0.3, -0.25) is 4.79 Å². The van der Waals surface area contributed by atoms with Crippen molar-refractivity contribution in [3.63, 3.8) is 0 Å². The van der Waals surface area contributed by atoms with Crippen LogP contribution in [0.3, 0.4) is 0 Å². The lowest BCUT2D eigenvalue weighted by Crippen LogP contribution is -2.38. The molecule has 1 aliphatic rings. The normalized spacial score (nSPS) is 20.4. The highest BCUT2D eigenvalue weighted by molar-refractivity contribution is 5.77. The van der Waals surface area contributed by atoms with Gasteiger partial charge in [0.25, 0.3) is 0 Å². The van der Waals surface area contributed by atoms with Crippen molar-refractivity contribution in [3.05, 3.63) is 35.9 Å². The fourth-order valence-corrected chi connectivity index (χ4v) is 2.99. The molecule has 1 amide bonds. The van der Waals surface area contributed by atoms with E-state index in [1.165, 1.54) is 25.7 Å². The van der Waals surface area contributed by atoms with Crippen molar-refractivity contribution in [2.24, 2.45) is 5.41 Å². The first-order valence-electron chi connectivity index (χ1n) is 7.46. The van der Waals surface area contributed by atoms with Gasteiger partial charge >= 0.3 is 0 Å². The first kappa shape index (κ1) is 15.0. The molecule has 1 aliphatic carbocycles. The Kier molecular flexibility index (Phi) is 4.48. The maximum atomic E-state index is 12.1. The summed E-state index contributed by atoms with van der Waals surface area (Å²) in [7, 11) is 0. The molecule has 20 heavy (non-hydrogen) atoms. The second kappa shape index (κ2) is 5.96. The maximum Gasteiger partial charge on any atom is 0.223 e. The van der Waals surface area contributed by atoms with Crippen LogP contribution in [0.25, 0.3) is 0 Å². The molecule has 0 heterocycles. The topological polar surface area (TPSA) is 49.3 Å². The Morgan fingerprint density at radius 1 is 1.30 bits per heavy atom. The zero-order valence-electron chi connectivity index (χ0n) is 12.5. The molecule has 2 N–H and O–H groups in total. The van der Waals surface area contributed by atoms with Gasteiger partial charge in [-0.05, 0) is 30.7 Å². The lowest BCUT2D eigenvalue weighted by atomic mass is 9.88. The van der Waals surface area contributed by atoms with Gasteiger partial charge in [-0.15, -0.1) is 0 Å². The summed E-state index contributed by atoms with van der Waals surface area (Å²) in [6, 6.07) is 9.36. The molecule has 1 saturated carbocycles. The summed E-state index contributed by atoms with van der Waals surface area (Å²) < 4.78 is 0. The minimum atomic E-state index is -1.11. The first-order valence-corrected chi connectivity index (χ1v) is 7.46.